The summed E-state index contributed by atoms with van der Waals surface area (Å²) in [6.45, 7) is 7.14. The Hall–Kier alpha value is -1.88. The molecule has 0 unspecified atom stereocenters. The topological polar surface area (TPSA) is 78.4 Å². The summed E-state index contributed by atoms with van der Waals surface area (Å²) in [7, 11) is 0. The number of Topliss-reactive ketones (excluding diaryl/α,β-unsaturated/α-hetero) is 1. The monoisotopic (exact) mass is 278 g/mol. The second-order valence-electron chi connectivity index (χ2n) is 5.84. The quantitative estimate of drug-likeness (QED) is 0.740. The van der Waals surface area contributed by atoms with Crippen molar-refractivity contribution in [2.45, 2.75) is 33.7 Å². The number of urea groups is 1. The van der Waals surface area contributed by atoms with Gasteiger partial charge in [-0.25, -0.2) is 4.79 Å². The average Bonchev–Trinajstić information content (AvgIpc) is 2.34. The predicted octanol–water partition coefficient (Wildman–Crippen LogP) is 2.42. The van der Waals surface area contributed by atoms with Crippen LogP contribution in [0, 0.1) is 5.41 Å². The lowest BCUT2D eigenvalue weighted by molar-refractivity contribution is 0.101. The molecule has 1 atom stereocenters. The molecule has 0 bridgehead atoms. The molecule has 1 aromatic carbocycles. The van der Waals surface area contributed by atoms with Crippen LogP contribution in [0.5, 0.6) is 0 Å². The first-order valence-electron chi connectivity index (χ1n) is 6.53. The molecule has 110 valence electrons. The Balaban J connectivity index is 2.71. The van der Waals surface area contributed by atoms with E-state index in [4.69, 9.17) is 0 Å². The molecule has 0 saturated carbocycles. The van der Waals surface area contributed by atoms with E-state index in [1.807, 2.05) is 20.8 Å². The molecular weight excluding hydrogens is 256 g/mol. The van der Waals surface area contributed by atoms with E-state index in [2.05, 4.69) is 10.6 Å². The van der Waals surface area contributed by atoms with Gasteiger partial charge in [0.2, 0.25) is 0 Å². The minimum atomic E-state index is -0.403. The third-order valence-electron chi connectivity index (χ3n) is 3.06. The maximum atomic E-state index is 11.9. The molecule has 2 amide bonds. The molecule has 0 aliphatic carbocycles. The minimum absolute atomic E-state index is 0.0583. The number of nitrogens with one attached hydrogen (secondary N) is 2. The van der Waals surface area contributed by atoms with E-state index in [0.29, 0.717) is 11.3 Å². The van der Waals surface area contributed by atoms with Crippen molar-refractivity contribution in [2.75, 3.05) is 11.9 Å². The van der Waals surface area contributed by atoms with Gasteiger partial charge in [0.15, 0.2) is 5.78 Å². The highest BCUT2D eigenvalue weighted by Crippen LogP contribution is 2.19. The summed E-state index contributed by atoms with van der Waals surface area (Å²) in [4.78, 5) is 23.2. The van der Waals surface area contributed by atoms with Crippen LogP contribution in [0.1, 0.15) is 38.1 Å². The molecule has 0 saturated heterocycles. The molecule has 0 aromatic heterocycles. The van der Waals surface area contributed by atoms with E-state index in [1.54, 1.807) is 24.3 Å². The second kappa shape index (κ2) is 6.52. The summed E-state index contributed by atoms with van der Waals surface area (Å²) in [5, 5.41) is 14.7. The SMILES string of the molecule is CC(=O)c1cccc(NC(=O)N[C@H](CO)C(C)(C)C)c1. The van der Waals surface area contributed by atoms with Gasteiger partial charge in [-0.2, -0.15) is 0 Å². The van der Waals surface area contributed by atoms with Crippen molar-refractivity contribution in [3.8, 4) is 0 Å². The van der Waals surface area contributed by atoms with Crippen LogP contribution in [0.3, 0.4) is 0 Å². The van der Waals surface area contributed by atoms with Gasteiger partial charge in [-0.3, -0.25) is 4.79 Å². The maximum absolute atomic E-state index is 11.9. The molecule has 0 spiro atoms. The Morgan fingerprint density at radius 3 is 2.45 bits per heavy atom. The Bertz CT molecular complexity index is 492. The van der Waals surface area contributed by atoms with E-state index in [1.165, 1.54) is 6.92 Å². The van der Waals surface area contributed by atoms with Gasteiger partial charge in [-0.15, -0.1) is 0 Å². The molecule has 20 heavy (non-hydrogen) atoms. The fourth-order valence-corrected chi connectivity index (χ4v) is 1.68. The van der Waals surface area contributed by atoms with Gasteiger partial charge in [0, 0.05) is 11.3 Å². The van der Waals surface area contributed by atoms with E-state index >= 15 is 0 Å². The molecule has 5 nitrogen and oxygen atoms in total. The van der Waals surface area contributed by atoms with Crippen LogP contribution in [0.4, 0.5) is 10.5 Å². The van der Waals surface area contributed by atoms with E-state index in [-0.39, 0.29) is 23.8 Å². The molecule has 3 N–H and O–H groups in total. The third-order valence-corrected chi connectivity index (χ3v) is 3.06. The summed E-state index contributed by atoms with van der Waals surface area (Å²) in [6.07, 6.45) is 0. The van der Waals surface area contributed by atoms with Crippen LogP contribution in [-0.4, -0.2) is 29.6 Å². The molecular formula is C15H22N2O3. The zero-order valence-electron chi connectivity index (χ0n) is 12.4. The fraction of sp³-hybridized carbons (Fsp3) is 0.467. The van der Waals surface area contributed by atoms with Gasteiger partial charge >= 0.3 is 6.03 Å². The third kappa shape index (κ3) is 4.66. The zero-order chi connectivity index (χ0) is 15.3. The predicted molar refractivity (Wildman–Crippen MR) is 78.9 cm³/mol. The Morgan fingerprint density at radius 2 is 1.95 bits per heavy atom. The zero-order valence-corrected chi connectivity index (χ0v) is 12.4. The van der Waals surface area contributed by atoms with Gasteiger partial charge < -0.3 is 15.7 Å². The Kier molecular flexibility index (Phi) is 5.27. The fourth-order valence-electron chi connectivity index (χ4n) is 1.68. The average molecular weight is 278 g/mol. The molecule has 0 aliphatic heterocycles. The van der Waals surface area contributed by atoms with Crippen molar-refractivity contribution in [1.29, 1.82) is 0 Å². The standard InChI is InChI=1S/C15H22N2O3/c1-10(19)11-6-5-7-12(8-11)16-14(20)17-13(9-18)15(2,3)4/h5-8,13,18H,9H2,1-4H3,(H2,16,17,20)/t13-/m1/s1. The Morgan fingerprint density at radius 1 is 1.30 bits per heavy atom. The summed E-state index contributed by atoms with van der Waals surface area (Å²) in [5.74, 6) is -0.0583. The van der Waals surface area contributed by atoms with E-state index in [0.717, 1.165) is 0 Å². The van der Waals surface area contributed by atoms with Gasteiger partial charge in [0.25, 0.3) is 0 Å². The first-order chi connectivity index (χ1) is 9.24. The van der Waals surface area contributed by atoms with Gasteiger partial charge in [-0.05, 0) is 24.5 Å². The second-order valence-corrected chi connectivity index (χ2v) is 5.84. The van der Waals surface area contributed by atoms with Crippen LogP contribution in [-0.2, 0) is 0 Å². The lowest BCUT2D eigenvalue weighted by Gasteiger charge is -2.29. The first-order valence-corrected chi connectivity index (χ1v) is 6.53. The van der Waals surface area contributed by atoms with Crippen molar-refractivity contribution in [3.63, 3.8) is 0 Å². The number of ketones is 1. The lowest BCUT2D eigenvalue weighted by Crippen LogP contribution is -2.47. The molecule has 1 rings (SSSR count). The highest BCUT2D eigenvalue weighted by Gasteiger charge is 2.25. The van der Waals surface area contributed by atoms with Crippen molar-refractivity contribution in [2.24, 2.45) is 5.41 Å². The van der Waals surface area contributed by atoms with Crippen LogP contribution in [0.2, 0.25) is 0 Å². The number of aliphatic hydroxyl groups excluding tert-OH is 1. The van der Waals surface area contributed by atoms with Gasteiger partial charge in [-0.1, -0.05) is 32.9 Å². The Labute approximate surface area is 119 Å². The summed E-state index contributed by atoms with van der Waals surface area (Å²) in [5.41, 5.74) is 0.839. The normalized spacial score (nSPS) is 12.7. The highest BCUT2D eigenvalue weighted by molar-refractivity contribution is 5.96. The summed E-state index contributed by atoms with van der Waals surface area (Å²) >= 11 is 0. The molecule has 0 radical (unpaired) electrons. The minimum Gasteiger partial charge on any atom is -0.394 e. The maximum Gasteiger partial charge on any atom is 0.319 e. The summed E-state index contributed by atoms with van der Waals surface area (Å²) in [6, 6.07) is 5.97. The van der Waals surface area contributed by atoms with Crippen LogP contribution in [0.25, 0.3) is 0 Å². The van der Waals surface area contributed by atoms with Crippen LogP contribution < -0.4 is 10.6 Å². The summed E-state index contributed by atoms with van der Waals surface area (Å²) < 4.78 is 0. The van der Waals surface area contributed by atoms with Crippen LogP contribution >= 0.6 is 0 Å². The van der Waals surface area contributed by atoms with Crippen molar-refractivity contribution in [3.05, 3.63) is 29.8 Å². The largest absolute Gasteiger partial charge is 0.394 e. The van der Waals surface area contributed by atoms with Gasteiger partial charge in [0.1, 0.15) is 0 Å². The highest BCUT2D eigenvalue weighted by atomic mass is 16.3. The van der Waals surface area contributed by atoms with E-state index in [9.17, 15) is 14.7 Å². The smallest absolute Gasteiger partial charge is 0.319 e. The number of benzene rings is 1. The molecule has 1 aromatic rings. The number of carbonyl (C=O) groups excluding carboxylic acids is 2. The number of hydrogen-bond donors (Lipinski definition) is 3. The molecule has 0 fully saturated rings. The number of hydrogen-bond acceptors (Lipinski definition) is 3. The number of rotatable bonds is 4. The number of carbonyl (C=O) groups is 2. The number of amides is 2. The molecule has 0 aliphatic rings. The van der Waals surface area contributed by atoms with E-state index < -0.39 is 6.03 Å². The number of anilines is 1. The van der Waals surface area contributed by atoms with Crippen LogP contribution in [0.15, 0.2) is 24.3 Å². The first kappa shape index (κ1) is 16.2. The number of aliphatic hydroxyl groups is 1. The van der Waals surface area contributed by atoms with Crippen molar-refractivity contribution >= 4 is 17.5 Å². The molecule has 5 heteroatoms. The molecule has 0 heterocycles. The van der Waals surface area contributed by atoms with Gasteiger partial charge in [0.05, 0.1) is 12.6 Å². The lowest BCUT2D eigenvalue weighted by atomic mass is 9.87. The van der Waals surface area contributed by atoms with Crippen molar-refractivity contribution < 1.29 is 14.7 Å². The van der Waals surface area contributed by atoms with Crippen molar-refractivity contribution in [1.82, 2.24) is 5.32 Å².